The number of carbonyl (C=O) groups excluding carboxylic acids is 1. The number of hydrogen-bond donors (Lipinski definition) is 3. The van der Waals surface area contributed by atoms with E-state index in [1.807, 2.05) is 0 Å². The number of rotatable bonds is 6. The molecule has 0 fully saturated rings. The van der Waals surface area contributed by atoms with E-state index in [0.29, 0.717) is 12.1 Å². The van der Waals surface area contributed by atoms with Crippen LogP contribution in [-0.4, -0.2) is 23.0 Å². The molecule has 0 saturated carbocycles. The van der Waals surface area contributed by atoms with Gasteiger partial charge in [0.15, 0.2) is 0 Å². The molecule has 0 bridgehead atoms. The number of amides is 1. The zero-order valence-electron chi connectivity index (χ0n) is 10.4. The molecule has 1 rings (SSSR count). The molecule has 4 N–H and O–H groups in total. The Morgan fingerprint density at radius 1 is 1.47 bits per heavy atom. The maximum absolute atomic E-state index is 11.7. The first-order chi connectivity index (χ1) is 9.02. The predicted molar refractivity (Wildman–Crippen MR) is 72.5 cm³/mol. The molecule has 100 valence electrons. The van der Waals surface area contributed by atoms with E-state index in [9.17, 15) is 9.59 Å². The van der Waals surface area contributed by atoms with Crippen LogP contribution in [0.1, 0.15) is 18.4 Å². The molecule has 0 radical (unpaired) electrons. The highest BCUT2D eigenvalue weighted by Crippen LogP contribution is 2.12. The summed E-state index contributed by atoms with van der Waals surface area (Å²) in [6.45, 7) is 0. The zero-order valence-corrected chi connectivity index (χ0v) is 10.4. The van der Waals surface area contributed by atoms with Crippen molar-refractivity contribution in [1.82, 2.24) is 0 Å². The molecule has 5 nitrogen and oxygen atoms in total. The lowest BCUT2D eigenvalue weighted by molar-refractivity contribution is -0.137. The van der Waals surface area contributed by atoms with Crippen LogP contribution in [0.3, 0.4) is 0 Å². The number of nitrogens with one attached hydrogen (secondary N) is 1. The summed E-state index contributed by atoms with van der Waals surface area (Å²) >= 11 is 0. The van der Waals surface area contributed by atoms with E-state index in [4.69, 9.17) is 17.3 Å². The van der Waals surface area contributed by atoms with Crippen LogP contribution >= 0.6 is 0 Å². The number of carbonyl (C=O) groups is 2. The number of carboxylic acid groups (broad SMARTS) is 1. The molecule has 0 aliphatic carbocycles. The summed E-state index contributed by atoms with van der Waals surface area (Å²) in [5.41, 5.74) is 7.00. The summed E-state index contributed by atoms with van der Waals surface area (Å²) in [5.74, 6) is 1.12. The Labute approximate surface area is 111 Å². The number of nitrogens with two attached hydrogens (primary N) is 1. The van der Waals surface area contributed by atoms with Gasteiger partial charge in [0.05, 0.1) is 6.04 Å². The third-order valence-corrected chi connectivity index (χ3v) is 2.50. The molecule has 1 amide bonds. The highest BCUT2D eigenvalue weighted by Gasteiger charge is 2.12. The molecular formula is C14H16N2O3. The molecule has 1 aromatic rings. The van der Waals surface area contributed by atoms with Gasteiger partial charge in [-0.2, -0.15) is 0 Å². The smallest absolute Gasteiger partial charge is 0.303 e. The van der Waals surface area contributed by atoms with Crippen molar-refractivity contribution in [3.05, 3.63) is 29.8 Å². The van der Waals surface area contributed by atoms with E-state index in [0.717, 1.165) is 5.56 Å². The van der Waals surface area contributed by atoms with E-state index in [1.165, 1.54) is 0 Å². The van der Waals surface area contributed by atoms with Gasteiger partial charge in [-0.15, -0.1) is 12.3 Å². The summed E-state index contributed by atoms with van der Waals surface area (Å²) in [7, 11) is 0. The van der Waals surface area contributed by atoms with Crippen LogP contribution in [0, 0.1) is 12.3 Å². The Morgan fingerprint density at radius 2 is 2.21 bits per heavy atom. The van der Waals surface area contributed by atoms with E-state index in [1.54, 1.807) is 24.3 Å². The second kappa shape index (κ2) is 7.19. The first-order valence-electron chi connectivity index (χ1n) is 5.83. The number of carboxylic acids is 1. The Hall–Kier alpha value is -2.32. The van der Waals surface area contributed by atoms with E-state index < -0.39 is 12.0 Å². The van der Waals surface area contributed by atoms with Gasteiger partial charge in [-0.1, -0.05) is 12.1 Å². The molecule has 1 unspecified atom stereocenters. The number of benzene rings is 1. The average molecular weight is 260 g/mol. The molecule has 0 heterocycles. The zero-order chi connectivity index (χ0) is 14.3. The van der Waals surface area contributed by atoms with Crippen LogP contribution in [0.15, 0.2) is 24.3 Å². The summed E-state index contributed by atoms with van der Waals surface area (Å²) in [5, 5.41) is 11.3. The SMILES string of the molecule is C#CCC(N)C(=O)Nc1cccc(CCC(=O)O)c1. The van der Waals surface area contributed by atoms with Gasteiger partial charge in [0, 0.05) is 18.5 Å². The van der Waals surface area contributed by atoms with Crippen molar-refractivity contribution in [3.63, 3.8) is 0 Å². The molecule has 0 aliphatic heterocycles. The van der Waals surface area contributed by atoms with Crippen molar-refractivity contribution in [1.29, 1.82) is 0 Å². The molecule has 0 aliphatic rings. The molecule has 0 saturated heterocycles. The monoisotopic (exact) mass is 260 g/mol. The highest BCUT2D eigenvalue weighted by atomic mass is 16.4. The number of hydrogen-bond acceptors (Lipinski definition) is 3. The maximum atomic E-state index is 11.7. The standard InChI is InChI=1S/C14H16N2O3/c1-2-4-12(15)14(19)16-11-6-3-5-10(9-11)7-8-13(17)18/h1,3,5-6,9,12H,4,7-8,15H2,(H,16,19)(H,17,18). The first-order valence-corrected chi connectivity index (χ1v) is 5.83. The minimum absolute atomic E-state index is 0.0496. The number of aryl methyl sites for hydroxylation is 1. The lowest BCUT2D eigenvalue weighted by Gasteiger charge is -2.10. The van der Waals surface area contributed by atoms with Crippen molar-refractivity contribution >= 4 is 17.6 Å². The van der Waals surface area contributed by atoms with Crippen LogP contribution in [0.5, 0.6) is 0 Å². The Morgan fingerprint density at radius 3 is 2.84 bits per heavy atom. The van der Waals surface area contributed by atoms with Crippen LogP contribution in [0.4, 0.5) is 5.69 Å². The summed E-state index contributed by atoms with van der Waals surface area (Å²) in [6, 6.07) is 6.25. The fourth-order valence-corrected chi connectivity index (χ4v) is 1.51. The van der Waals surface area contributed by atoms with Gasteiger partial charge >= 0.3 is 5.97 Å². The van der Waals surface area contributed by atoms with Gasteiger partial charge < -0.3 is 16.2 Å². The molecule has 5 heteroatoms. The van der Waals surface area contributed by atoms with Gasteiger partial charge in [-0.05, 0) is 24.1 Å². The molecule has 0 spiro atoms. The fraction of sp³-hybridized carbons (Fsp3) is 0.286. The van der Waals surface area contributed by atoms with Crippen LogP contribution in [0.2, 0.25) is 0 Å². The second-order valence-electron chi connectivity index (χ2n) is 4.10. The van der Waals surface area contributed by atoms with E-state index in [2.05, 4.69) is 11.2 Å². The van der Waals surface area contributed by atoms with Gasteiger partial charge in [0.1, 0.15) is 0 Å². The molecule has 1 aromatic carbocycles. The van der Waals surface area contributed by atoms with Gasteiger partial charge in [-0.3, -0.25) is 9.59 Å². The molecular weight excluding hydrogens is 244 g/mol. The van der Waals surface area contributed by atoms with Crippen molar-refractivity contribution in [3.8, 4) is 12.3 Å². The minimum atomic E-state index is -0.856. The molecule has 0 aromatic heterocycles. The van der Waals surface area contributed by atoms with Gasteiger partial charge in [0.2, 0.25) is 5.91 Å². The van der Waals surface area contributed by atoms with Gasteiger partial charge in [0.25, 0.3) is 0 Å². The second-order valence-corrected chi connectivity index (χ2v) is 4.10. The number of terminal acetylenes is 1. The lowest BCUT2D eigenvalue weighted by Crippen LogP contribution is -2.35. The van der Waals surface area contributed by atoms with Crippen LogP contribution in [-0.2, 0) is 16.0 Å². The third-order valence-electron chi connectivity index (χ3n) is 2.50. The first kappa shape index (κ1) is 14.7. The third kappa shape index (κ3) is 5.23. The molecule has 19 heavy (non-hydrogen) atoms. The van der Waals surface area contributed by atoms with E-state index in [-0.39, 0.29) is 18.7 Å². The lowest BCUT2D eigenvalue weighted by atomic mass is 10.1. The summed E-state index contributed by atoms with van der Waals surface area (Å²) < 4.78 is 0. The Bertz CT molecular complexity index is 506. The fourth-order valence-electron chi connectivity index (χ4n) is 1.51. The summed E-state index contributed by atoms with van der Waals surface area (Å²) in [6.07, 6.45) is 5.72. The van der Waals surface area contributed by atoms with Crippen molar-refractivity contribution in [2.45, 2.75) is 25.3 Å². The topological polar surface area (TPSA) is 92.4 Å². The van der Waals surface area contributed by atoms with Gasteiger partial charge in [-0.25, -0.2) is 0 Å². The van der Waals surface area contributed by atoms with Crippen LogP contribution < -0.4 is 11.1 Å². The maximum Gasteiger partial charge on any atom is 0.303 e. The number of aliphatic carboxylic acids is 1. The Balaban J connectivity index is 2.64. The minimum Gasteiger partial charge on any atom is -0.481 e. The van der Waals surface area contributed by atoms with Crippen molar-refractivity contribution < 1.29 is 14.7 Å². The highest BCUT2D eigenvalue weighted by molar-refractivity contribution is 5.94. The van der Waals surface area contributed by atoms with Crippen molar-refractivity contribution in [2.75, 3.05) is 5.32 Å². The Kier molecular flexibility index (Phi) is 5.58. The van der Waals surface area contributed by atoms with Crippen LogP contribution in [0.25, 0.3) is 0 Å². The van der Waals surface area contributed by atoms with Crippen molar-refractivity contribution in [2.24, 2.45) is 5.73 Å². The quantitative estimate of drug-likeness (QED) is 0.665. The summed E-state index contributed by atoms with van der Waals surface area (Å²) in [4.78, 5) is 22.1. The number of anilines is 1. The molecule has 1 atom stereocenters. The largest absolute Gasteiger partial charge is 0.481 e. The normalized spacial score (nSPS) is 11.4. The average Bonchev–Trinajstić information content (AvgIpc) is 2.37. The predicted octanol–water partition coefficient (Wildman–Crippen LogP) is 0.993. The van der Waals surface area contributed by atoms with E-state index >= 15 is 0 Å².